The van der Waals surface area contributed by atoms with Gasteiger partial charge in [0.1, 0.15) is 6.04 Å². The predicted molar refractivity (Wildman–Crippen MR) is 110 cm³/mol. The first kappa shape index (κ1) is 21.7. The summed E-state index contributed by atoms with van der Waals surface area (Å²) in [7, 11) is 0. The highest BCUT2D eigenvalue weighted by Crippen LogP contribution is 2.48. The molecule has 2 aliphatic carbocycles. The van der Waals surface area contributed by atoms with Crippen molar-refractivity contribution in [3.8, 4) is 0 Å². The Labute approximate surface area is 188 Å². The first-order chi connectivity index (χ1) is 15.7. The van der Waals surface area contributed by atoms with Crippen molar-refractivity contribution in [2.75, 3.05) is 0 Å². The standard InChI is InChI=1S/C22H24N4O7/c23-16-11-6-10(15(17(11)28)18(16)29)19(30)24-7-8-2-1-3-9-14(8)22(33)26(21(9)32)12-4-5-13(27)25-20(12)31/h1-3,10-12,15-18,28-29H,4-7,23H2,(H,24,30)(H,25,27,31)/t10-,11?,12?,15?,16?,17-,18-/m0/s1. The average Bonchev–Trinajstić information content (AvgIpc) is 3.32. The van der Waals surface area contributed by atoms with Gasteiger partial charge < -0.3 is 21.3 Å². The highest BCUT2D eigenvalue weighted by molar-refractivity contribution is 6.24. The van der Waals surface area contributed by atoms with Crippen LogP contribution in [-0.2, 0) is 20.9 Å². The summed E-state index contributed by atoms with van der Waals surface area (Å²) in [5.74, 6) is -4.37. The lowest BCUT2D eigenvalue weighted by molar-refractivity contribution is -0.136. The molecule has 3 fully saturated rings. The van der Waals surface area contributed by atoms with Crippen LogP contribution in [-0.4, -0.2) is 68.9 Å². The van der Waals surface area contributed by atoms with Crippen molar-refractivity contribution in [2.45, 2.75) is 50.1 Å². The van der Waals surface area contributed by atoms with Gasteiger partial charge in [0, 0.05) is 36.8 Å². The van der Waals surface area contributed by atoms with Gasteiger partial charge in [-0.25, -0.2) is 0 Å². The van der Waals surface area contributed by atoms with Crippen molar-refractivity contribution in [3.63, 3.8) is 0 Å². The fourth-order valence-corrected chi connectivity index (χ4v) is 5.78. The molecular formula is C22H24N4O7. The average molecular weight is 456 g/mol. The van der Waals surface area contributed by atoms with E-state index >= 15 is 0 Å². The first-order valence-electron chi connectivity index (χ1n) is 10.9. The van der Waals surface area contributed by atoms with Crippen LogP contribution in [0.15, 0.2) is 18.2 Å². The van der Waals surface area contributed by atoms with Gasteiger partial charge in [-0.15, -0.1) is 0 Å². The molecule has 4 aliphatic rings. The van der Waals surface area contributed by atoms with Crippen LogP contribution in [0.3, 0.4) is 0 Å². The van der Waals surface area contributed by atoms with E-state index in [1.807, 2.05) is 0 Å². The molecular weight excluding hydrogens is 432 g/mol. The van der Waals surface area contributed by atoms with E-state index in [0.717, 1.165) is 4.90 Å². The Bertz CT molecular complexity index is 1080. The van der Waals surface area contributed by atoms with E-state index in [4.69, 9.17) is 5.73 Å². The van der Waals surface area contributed by atoms with Crippen LogP contribution in [0.2, 0.25) is 0 Å². The lowest BCUT2D eigenvalue weighted by atomic mass is 9.83. The lowest BCUT2D eigenvalue weighted by Gasteiger charge is -2.29. The molecule has 5 rings (SSSR count). The Balaban J connectivity index is 1.32. The number of benzene rings is 1. The lowest BCUT2D eigenvalue weighted by Crippen LogP contribution is -2.54. The van der Waals surface area contributed by atoms with Crippen LogP contribution in [0.1, 0.15) is 45.5 Å². The van der Waals surface area contributed by atoms with Crippen LogP contribution in [0.5, 0.6) is 0 Å². The number of carbonyl (C=O) groups is 5. The molecule has 2 aliphatic heterocycles. The maximum Gasteiger partial charge on any atom is 0.262 e. The number of rotatable bonds is 4. The monoisotopic (exact) mass is 456 g/mol. The van der Waals surface area contributed by atoms with E-state index in [2.05, 4.69) is 10.6 Å². The third kappa shape index (κ3) is 3.18. The molecule has 5 amide bonds. The SMILES string of the molecule is NC1C2C[C@H](C(=O)NCc3cccc4c3C(=O)N(C3CCC(=O)NC3=O)C4=O)C([C@@H]1O)[C@H]2O. The minimum Gasteiger partial charge on any atom is -0.392 e. The Morgan fingerprint density at radius 3 is 2.58 bits per heavy atom. The maximum atomic E-state index is 13.1. The number of hydrogen-bond acceptors (Lipinski definition) is 8. The summed E-state index contributed by atoms with van der Waals surface area (Å²) >= 11 is 0. The molecule has 11 nitrogen and oxygen atoms in total. The van der Waals surface area contributed by atoms with E-state index in [9.17, 15) is 34.2 Å². The van der Waals surface area contributed by atoms with Gasteiger partial charge in [-0.1, -0.05) is 12.1 Å². The van der Waals surface area contributed by atoms with Gasteiger partial charge in [-0.3, -0.25) is 34.2 Å². The third-order valence-electron chi connectivity index (χ3n) is 7.45. The molecule has 1 aromatic rings. The largest absolute Gasteiger partial charge is 0.392 e. The zero-order valence-corrected chi connectivity index (χ0v) is 17.6. The normalized spacial score (nSPS) is 35.1. The van der Waals surface area contributed by atoms with Crippen LogP contribution in [0, 0.1) is 17.8 Å². The number of fused-ring (bicyclic) bond motifs is 3. The summed E-state index contributed by atoms with van der Waals surface area (Å²) in [5, 5.41) is 25.4. The molecule has 1 saturated heterocycles. The summed E-state index contributed by atoms with van der Waals surface area (Å²) in [6.07, 6.45) is -1.36. The third-order valence-corrected chi connectivity index (χ3v) is 7.45. The van der Waals surface area contributed by atoms with Gasteiger partial charge in [-0.05, 0) is 24.5 Å². The second-order valence-electron chi connectivity index (χ2n) is 9.15. The van der Waals surface area contributed by atoms with Crippen LogP contribution >= 0.6 is 0 Å². The number of nitrogens with two attached hydrogens (primary N) is 1. The molecule has 33 heavy (non-hydrogen) atoms. The fraction of sp³-hybridized carbons (Fsp3) is 0.500. The Morgan fingerprint density at radius 2 is 1.91 bits per heavy atom. The Morgan fingerprint density at radius 1 is 1.15 bits per heavy atom. The molecule has 2 saturated carbocycles. The minimum atomic E-state index is -1.07. The smallest absolute Gasteiger partial charge is 0.262 e. The first-order valence-corrected chi connectivity index (χ1v) is 10.9. The zero-order valence-electron chi connectivity index (χ0n) is 17.6. The number of aliphatic hydroxyl groups is 2. The Kier molecular flexibility index (Phi) is 5.07. The van der Waals surface area contributed by atoms with Crippen LogP contribution < -0.4 is 16.4 Å². The topological polar surface area (TPSA) is 179 Å². The van der Waals surface area contributed by atoms with Gasteiger partial charge in [0.25, 0.3) is 11.8 Å². The molecule has 7 atom stereocenters. The van der Waals surface area contributed by atoms with E-state index in [-0.39, 0.29) is 42.3 Å². The predicted octanol–water partition coefficient (Wildman–Crippen LogP) is -1.98. The summed E-state index contributed by atoms with van der Waals surface area (Å²) in [6, 6.07) is 3.05. The summed E-state index contributed by atoms with van der Waals surface area (Å²) in [6.45, 7) is -0.0453. The molecule has 1 aromatic carbocycles. The summed E-state index contributed by atoms with van der Waals surface area (Å²) in [5.41, 5.74) is 6.56. The highest BCUT2D eigenvalue weighted by atomic mass is 16.3. The van der Waals surface area contributed by atoms with Gasteiger partial charge in [0.2, 0.25) is 17.7 Å². The molecule has 174 valence electrons. The van der Waals surface area contributed by atoms with Gasteiger partial charge in [0.05, 0.1) is 23.3 Å². The fourth-order valence-electron chi connectivity index (χ4n) is 5.78. The number of carbonyl (C=O) groups excluding carboxylic acids is 5. The summed E-state index contributed by atoms with van der Waals surface area (Å²) < 4.78 is 0. The molecule has 6 N–H and O–H groups in total. The minimum absolute atomic E-state index is 0.0254. The number of nitrogens with one attached hydrogen (secondary N) is 2. The molecule has 0 spiro atoms. The number of aliphatic hydroxyl groups excluding tert-OH is 2. The van der Waals surface area contributed by atoms with Crippen LogP contribution in [0.25, 0.3) is 0 Å². The molecule has 0 radical (unpaired) electrons. The number of amides is 5. The number of piperidine rings is 1. The van der Waals surface area contributed by atoms with Crippen molar-refractivity contribution in [3.05, 3.63) is 34.9 Å². The van der Waals surface area contributed by atoms with Crippen LogP contribution in [0.4, 0.5) is 0 Å². The number of nitrogens with zero attached hydrogens (tertiary/aromatic N) is 1. The van der Waals surface area contributed by atoms with Gasteiger partial charge in [0.15, 0.2) is 0 Å². The van der Waals surface area contributed by atoms with Crippen molar-refractivity contribution in [1.82, 2.24) is 15.5 Å². The van der Waals surface area contributed by atoms with Gasteiger partial charge in [-0.2, -0.15) is 0 Å². The maximum absolute atomic E-state index is 13.1. The van der Waals surface area contributed by atoms with Crippen molar-refractivity contribution < 1.29 is 34.2 Å². The summed E-state index contributed by atoms with van der Waals surface area (Å²) in [4.78, 5) is 63.4. The second kappa shape index (κ2) is 7.72. The highest BCUT2D eigenvalue weighted by Gasteiger charge is 2.59. The number of hydrogen-bond donors (Lipinski definition) is 5. The van der Waals surface area contributed by atoms with E-state index < -0.39 is 59.8 Å². The van der Waals surface area contributed by atoms with E-state index in [1.165, 1.54) is 6.07 Å². The molecule has 2 heterocycles. The molecule has 2 bridgehead atoms. The molecule has 0 aromatic heterocycles. The van der Waals surface area contributed by atoms with E-state index in [1.54, 1.807) is 12.1 Å². The van der Waals surface area contributed by atoms with Crippen molar-refractivity contribution in [1.29, 1.82) is 0 Å². The quantitative estimate of drug-likeness (QED) is 0.323. The zero-order chi connectivity index (χ0) is 23.6. The molecule has 11 heteroatoms. The van der Waals surface area contributed by atoms with Gasteiger partial charge >= 0.3 is 0 Å². The second-order valence-corrected chi connectivity index (χ2v) is 9.15. The molecule has 4 unspecified atom stereocenters. The Hall–Kier alpha value is -3.15. The van der Waals surface area contributed by atoms with E-state index in [0.29, 0.717) is 12.0 Å². The number of imide groups is 2. The van der Waals surface area contributed by atoms with Crippen molar-refractivity contribution in [2.24, 2.45) is 23.5 Å². The van der Waals surface area contributed by atoms with Crippen molar-refractivity contribution >= 4 is 29.5 Å².